The van der Waals surface area contributed by atoms with Crippen LogP contribution in [0.2, 0.25) is 0 Å². The predicted molar refractivity (Wildman–Crippen MR) is 136 cm³/mol. The van der Waals surface area contributed by atoms with Crippen LogP contribution in [0.25, 0.3) is 11.8 Å². The minimum Gasteiger partial charge on any atom is -0.346 e. The third-order valence-electron chi connectivity index (χ3n) is 8.31. The smallest absolute Gasteiger partial charge is 0.152 e. The maximum atomic E-state index is 13.7. The molecule has 1 atom stereocenters. The number of hydrogen-bond acceptors (Lipinski definition) is 4. The first-order valence-corrected chi connectivity index (χ1v) is 12.7. The Labute approximate surface area is 205 Å². The molecule has 1 aromatic heterocycles. The van der Waals surface area contributed by atoms with Crippen LogP contribution in [0.1, 0.15) is 53.3 Å². The second kappa shape index (κ2) is 7.54. The second-order valence-electron chi connectivity index (χ2n) is 10.9. The number of piperidine rings is 1. The topological polar surface area (TPSA) is 36.7 Å². The summed E-state index contributed by atoms with van der Waals surface area (Å²) in [5.41, 5.74) is 9.38. The van der Waals surface area contributed by atoms with Gasteiger partial charge in [-0.25, -0.2) is 9.37 Å². The molecule has 0 amide bonds. The van der Waals surface area contributed by atoms with Gasteiger partial charge in [0.25, 0.3) is 0 Å². The number of hydrazone groups is 1. The number of aryl methyl sites for hydroxylation is 1. The van der Waals surface area contributed by atoms with E-state index in [-0.39, 0.29) is 11.9 Å². The number of nitrogens with zero attached hydrogens (tertiary/aromatic N) is 5. The van der Waals surface area contributed by atoms with Gasteiger partial charge in [-0.15, -0.1) is 0 Å². The molecule has 0 radical (unpaired) electrons. The summed E-state index contributed by atoms with van der Waals surface area (Å²) >= 11 is 0. The predicted octanol–water partition coefficient (Wildman–Crippen LogP) is 5.29. The fourth-order valence-corrected chi connectivity index (χ4v) is 6.15. The van der Waals surface area contributed by atoms with E-state index in [1.165, 1.54) is 40.8 Å². The lowest BCUT2D eigenvalue weighted by Gasteiger charge is -2.46. The lowest BCUT2D eigenvalue weighted by atomic mass is 9.81. The van der Waals surface area contributed by atoms with E-state index in [0.29, 0.717) is 5.41 Å². The van der Waals surface area contributed by atoms with Crippen molar-refractivity contribution < 1.29 is 4.39 Å². The Hall–Kier alpha value is -3.41. The van der Waals surface area contributed by atoms with Gasteiger partial charge in [0.05, 0.1) is 24.6 Å². The average molecular weight is 468 g/mol. The third-order valence-corrected chi connectivity index (χ3v) is 8.31. The van der Waals surface area contributed by atoms with Crippen molar-refractivity contribution in [1.29, 1.82) is 0 Å². The number of fused-ring (bicyclic) bond motifs is 2. The molecule has 0 bridgehead atoms. The van der Waals surface area contributed by atoms with E-state index in [2.05, 4.69) is 50.9 Å². The molecule has 5 nitrogen and oxygen atoms in total. The molecule has 6 heteroatoms. The fraction of sp³-hybridized carbons (Fsp3) is 0.379. The van der Waals surface area contributed by atoms with Gasteiger partial charge in [0.2, 0.25) is 0 Å². The average Bonchev–Trinajstić information content (AvgIpc) is 3.41. The molecule has 7 rings (SSSR count). The normalized spacial score (nSPS) is 23.1. The Morgan fingerprint density at radius 3 is 2.54 bits per heavy atom. The van der Waals surface area contributed by atoms with Crippen molar-refractivity contribution in [3.05, 3.63) is 88.3 Å². The van der Waals surface area contributed by atoms with Crippen LogP contribution in [-0.2, 0) is 12.8 Å². The van der Waals surface area contributed by atoms with Crippen LogP contribution in [-0.4, -0.2) is 45.4 Å². The van der Waals surface area contributed by atoms with E-state index in [0.717, 1.165) is 49.4 Å². The molecule has 2 aliphatic heterocycles. The van der Waals surface area contributed by atoms with Crippen LogP contribution in [0.5, 0.6) is 0 Å². The van der Waals surface area contributed by atoms with Gasteiger partial charge in [-0.1, -0.05) is 18.2 Å². The molecule has 4 aliphatic rings. The van der Waals surface area contributed by atoms with Crippen molar-refractivity contribution in [2.24, 2.45) is 10.5 Å². The zero-order chi connectivity index (χ0) is 23.7. The van der Waals surface area contributed by atoms with Crippen LogP contribution in [0.15, 0.2) is 59.6 Å². The molecule has 178 valence electrons. The summed E-state index contributed by atoms with van der Waals surface area (Å²) in [6, 6.07) is 11.7. The van der Waals surface area contributed by atoms with Crippen molar-refractivity contribution in [2.45, 2.75) is 45.1 Å². The van der Waals surface area contributed by atoms with Crippen LogP contribution in [0.4, 0.5) is 4.39 Å². The van der Waals surface area contributed by atoms with Gasteiger partial charge < -0.3 is 9.47 Å². The first-order valence-electron chi connectivity index (χ1n) is 12.7. The largest absolute Gasteiger partial charge is 0.346 e. The number of likely N-dealkylation sites (N-methyl/N-ethyl adjacent to an activating group) is 1. The number of benzene rings is 2. The molecule has 1 saturated heterocycles. The molecule has 3 aromatic rings. The summed E-state index contributed by atoms with van der Waals surface area (Å²) in [5.74, 6) is 0.907. The van der Waals surface area contributed by atoms with Gasteiger partial charge >= 0.3 is 0 Å². The Balaban J connectivity index is 1.28. The van der Waals surface area contributed by atoms with Gasteiger partial charge in [0.15, 0.2) is 5.84 Å². The zero-order valence-corrected chi connectivity index (χ0v) is 20.3. The molecule has 1 unspecified atom stereocenters. The summed E-state index contributed by atoms with van der Waals surface area (Å²) in [7, 11) is 2.05. The highest BCUT2D eigenvalue weighted by molar-refractivity contribution is 6.03. The summed E-state index contributed by atoms with van der Waals surface area (Å²) in [6.45, 7) is 3.88. The highest BCUT2D eigenvalue weighted by Crippen LogP contribution is 2.56. The second-order valence-corrected chi connectivity index (χ2v) is 10.9. The Morgan fingerprint density at radius 1 is 1.06 bits per heavy atom. The standard InChI is InChI=1S/C29H30FN5/c1-19-15-34(18-31-19)26-10-5-21(24-8-9-25(24)26)13-22-14-29(11-12-29)17-35-27(16-33(2)32-28(22)35)20-3-6-23(30)7-4-20/h3-7,10,13,15,18,27H,8-9,11-12,14,16-17H2,1-2H3/b22-13+. The van der Waals surface area contributed by atoms with E-state index in [1.807, 2.05) is 25.4 Å². The monoisotopic (exact) mass is 467 g/mol. The lowest BCUT2D eigenvalue weighted by Crippen LogP contribution is -2.51. The molecular weight excluding hydrogens is 437 g/mol. The van der Waals surface area contributed by atoms with Crippen molar-refractivity contribution in [1.82, 2.24) is 19.5 Å². The van der Waals surface area contributed by atoms with Gasteiger partial charge in [-0.05, 0) is 96.5 Å². The van der Waals surface area contributed by atoms with Crippen LogP contribution in [0, 0.1) is 18.2 Å². The summed E-state index contributed by atoms with van der Waals surface area (Å²) in [6.07, 6.45) is 12.3. The highest BCUT2D eigenvalue weighted by atomic mass is 19.1. The minimum atomic E-state index is -0.184. The minimum absolute atomic E-state index is 0.184. The molecule has 2 fully saturated rings. The number of halogens is 1. The molecule has 3 heterocycles. The van der Waals surface area contributed by atoms with E-state index < -0.39 is 0 Å². The van der Waals surface area contributed by atoms with E-state index >= 15 is 0 Å². The Kier molecular flexibility index (Phi) is 4.51. The quantitative estimate of drug-likeness (QED) is 0.525. The Bertz CT molecular complexity index is 1380. The number of aromatic nitrogens is 2. The highest BCUT2D eigenvalue weighted by Gasteiger charge is 2.51. The van der Waals surface area contributed by atoms with Crippen LogP contribution in [0.3, 0.4) is 0 Å². The summed E-state index contributed by atoms with van der Waals surface area (Å²) < 4.78 is 15.8. The molecular formula is C29H30FN5. The van der Waals surface area contributed by atoms with E-state index in [1.54, 1.807) is 12.1 Å². The SMILES string of the molecule is Cc1cn(-c2ccc(/C=C3\CC4(CC4)CN4C3=NN(C)CC4c3ccc(F)cc3)c3c2CC3)cn1. The van der Waals surface area contributed by atoms with Gasteiger partial charge in [0.1, 0.15) is 5.82 Å². The Morgan fingerprint density at radius 2 is 1.86 bits per heavy atom. The van der Waals surface area contributed by atoms with E-state index in [9.17, 15) is 4.39 Å². The summed E-state index contributed by atoms with van der Waals surface area (Å²) in [4.78, 5) is 6.92. The number of amidine groups is 1. The van der Waals surface area contributed by atoms with Crippen molar-refractivity contribution in [3.8, 4) is 5.69 Å². The maximum absolute atomic E-state index is 13.7. The molecule has 35 heavy (non-hydrogen) atoms. The number of rotatable bonds is 3. The maximum Gasteiger partial charge on any atom is 0.152 e. The fourth-order valence-electron chi connectivity index (χ4n) is 6.15. The molecule has 2 aromatic carbocycles. The lowest BCUT2D eigenvalue weighted by molar-refractivity contribution is 0.156. The number of hydrogen-bond donors (Lipinski definition) is 0. The zero-order valence-electron chi connectivity index (χ0n) is 20.3. The van der Waals surface area contributed by atoms with Gasteiger partial charge in [-0.3, -0.25) is 5.01 Å². The summed E-state index contributed by atoms with van der Waals surface area (Å²) in [5, 5.41) is 7.08. The van der Waals surface area contributed by atoms with Crippen LogP contribution >= 0.6 is 0 Å². The van der Waals surface area contributed by atoms with Crippen molar-refractivity contribution in [2.75, 3.05) is 20.1 Å². The molecule has 0 N–H and O–H groups in total. The molecule has 2 aliphatic carbocycles. The first kappa shape index (κ1) is 20.9. The van der Waals surface area contributed by atoms with E-state index in [4.69, 9.17) is 5.10 Å². The molecule has 1 saturated carbocycles. The first-order chi connectivity index (χ1) is 17.0. The van der Waals surface area contributed by atoms with Gasteiger partial charge in [0, 0.05) is 25.5 Å². The van der Waals surface area contributed by atoms with Gasteiger partial charge in [-0.2, -0.15) is 5.10 Å². The number of imidazole rings is 1. The molecule has 1 spiro atoms. The van der Waals surface area contributed by atoms with Crippen molar-refractivity contribution in [3.63, 3.8) is 0 Å². The van der Waals surface area contributed by atoms with Crippen molar-refractivity contribution >= 4 is 11.9 Å². The van der Waals surface area contributed by atoms with Crippen LogP contribution < -0.4 is 0 Å². The third kappa shape index (κ3) is 3.49.